The molecule has 3 nitrogen and oxygen atoms in total. The Kier molecular flexibility index (Phi) is 3.13. The molecular formula is C15H13ClN2O. The molecule has 0 atom stereocenters. The van der Waals surface area contributed by atoms with E-state index in [0.717, 1.165) is 28.6 Å². The summed E-state index contributed by atoms with van der Waals surface area (Å²) < 4.78 is 5.15. The third kappa shape index (κ3) is 2.42. The van der Waals surface area contributed by atoms with Crippen LogP contribution in [0.2, 0.25) is 5.02 Å². The number of aromatic amines is 1. The van der Waals surface area contributed by atoms with Gasteiger partial charge in [-0.05, 0) is 41.8 Å². The molecule has 2 aromatic heterocycles. The summed E-state index contributed by atoms with van der Waals surface area (Å²) in [6.07, 6.45) is 4.58. The van der Waals surface area contributed by atoms with Crippen molar-refractivity contribution in [2.24, 2.45) is 0 Å². The molecule has 0 aliphatic heterocycles. The van der Waals surface area contributed by atoms with Crippen LogP contribution in [0.15, 0.2) is 42.7 Å². The van der Waals surface area contributed by atoms with Gasteiger partial charge in [0.1, 0.15) is 11.4 Å². The predicted molar refractivity (Wildman–Crippen MR) is 76.9 cm³/mol. The number of H-pyrrole nitrogens is 1. The van der Waals surface area contributed by atoms with E-state index in [-0.39, 0.29) is 0 Å². The number of methoxy groups -OCH3 is 1. The summed E-state index contributed by atoms with van der Waals surface area (Å²) in [6.45, 7) is 0. The summed E-state index contributed by atoms with van der Waals surface area (Å²) in [4.78, 5) is 7.47. The lowest BCUT2D eigenvalue weighted by Crippen LogP contribution is -1.91. The van der Waals surface area contributed by atoms with Crippen LogP contribution in [0.25, 0.3) is 11.0 Å². The molecule has 0 aliphatic carbocycles. The van der Waals surface area contributed by atoms with Crippen molar-refractivity contribution in [3.63, 3.8) is 0 Å². The maximum absolute atomic E-state index is 6.13. The van der Waals surface area contributed by atoms with Crippen LogP contribution < -0.4 is 4.74 Å². The van der Waals surface area contributed by atoms with Gasteiger partial charge in [0, 0.05) is 17.8 Å². The van der Waals surface area contributed by atoms with Gasteiger partial charge in [0.15, 0.2) is 0 Å². The van der Waals surface area contributed by atoms with Crippen molar-refractivity contribution in [3.05, 3.63) is 58.9 Å². The third-order valence-electron chi connectivity index (χ3n) is 3.08. The van der Waals surface area contributed by atoms with Crippen molar-refractivity contribution < 1.29 is 4.74 Å². The highest BCUT2D eigenvalue weighted by atomic mass is 35.5. The lowest BCUT2D eigenvalue weighted by molar-refractivity contribution is 0.415. The molecule has 0 aliphatic rings. The standard InChI is InChI=1S/C15H13ClN2O/c1-19-14-3-2-10(8-13(14)16)6-11-7-12-4-5-17-15(12)18-9-11/h2-5,7-9H,6H2,1H3,(H,17,18). The number of ether oxygens (including phenoxy) is 1. The number of rotatable bonds is 3. The van der Waals surface area contributed by atoms with Crippen LogP contribution in [0.4, 0.5) is 0 Å². The van der Waals surface area contributed by atoms with Crippen molar-refractivity contribution in [3.8, 4) is 5.75 Å². The van der Waals surface area contributed by atoms with E-state index in [9.17, 15) is 0 Å². The number of hydrogen-bond donors (Lipinski definition) is 1. The van der Waals surface area contributed by atoms with Crippen LogP contribution in [0, 0.1) is 0 Å². The molecule has 19 heavy (non-hydrogen) atoms. The summed E-state index contributed by atoms with van der Waals surface area (Å²) >= 11 is 6.13. The number of aromatic nitrogens is 2. The second kappa shape index (κ2) is 4.94. The van der Waals surface area contributed by atoms with E-state index < -0.39 is 0 Å². The highest BCUT2D eigenvalue weighted by molar-refractivity contribution is 6.32. The molecule has 4 heteroatoms. The Labute approximate surface area is 116 Å². The summed E-state index contributed by atoms with van der Waals surface area (Å²) in [5.41, 5.74) is 3.22. The minimum absolute atomic E-state index is 0.635. The van der Waals surface area contributed by atoms with E-state index in [1.807, 2.05) is 36.7 Å². The van der Waals surface area contributed by atoms with Crippen molar-refractivity contribution in [1.82, 2.24) is 9.97 Å². The van der Waals surface area contributed by atoms with Gasteiger partial charge in [-0.25, -0.2) is 4.98 Å². The van der Waals surface area contributed by atoms with E-state index in [0.29, 0.717) is 10.8 Å². The SMILES string of the molecule is COc1ccc(Cc2cnc3[nH]ccc3c2)cc1Cl. The lowest BCUT2D eigenvalue weighted by Gasteiger charge is -2.06. The highest BCUT2D eigenvalue weighted by Crippen LogP contribution is 2.26. The van der Waals surface area contributed by atoms with Crippen LogP contribution in [-0.4, -0.2) is 17.1 Å². The van der Waals surface area contributed by atoms with Crippen LogP contribution >= 0.6 is 11.6 Å². The topological polar surface area (TPSA) is 37.9 Å². The lowest BCUT2D eigenvalue weighted by atomic mass is 10.1. The number of fused-ring (bicyclic) bond motifs is 1. The molecule has 0 amide bonds. The first-order valence-corrected chi connectivity index (χ1v) is 6.38. The molecule has 3 aromatic rings. The first-order chi connectivity index (χ1) is 9.26. The van der Waals surface area contributed by atoms with Crippen molar-refractivity contribution in [1.29, 1.82) is 0 Å². The Morgan fingerprint density at radius 2 is 2.11 bits per heavy atom. The Morgan fingerprint density at radius 1 is 1.21 bits per heavy atom. The summed E-state index contributed by atoms with van der Waals surface area (Å²) in [5.74, 6) is 0.699. The fraction of sp³-hybridized carbons (Fsp3) is 0.133. The predicted octanol–water partition coefficient (Wildman–Crippen LogP) is 3.82. The molecule has 0 bridgehead atoms. The number of hydrogen-bond acceptors (Lipinski definition) is 2. The van der Waals surface area contributed by atoms with Gasteiger partial charge in [0.05, 0.1) is 12.1 Å². The summed E-state index contributed by atoms with van der Waals surface area (Å²) in [6, 6.07) is 10.00. The Morgan fingerprint density at radius 3 is 2.89 bits per heavy atom. The minimum Gasteiger partial charge on any atom is -0.495 e. The first-order valence-electron chi connectivity index (χ1n) is 6.01. The van der Waals surface area contributed by atoms with Gasteiger partial charge in [-0.15, -0.1) is 0 Å². The van der Waals surface area contributed by atoms with Crippen LogP contribution in [0.1, 0.15) is 11.1 Å². The van der Waals surface area contributed by atoms with Crippen LogP contribution in [0.5, 0.6) is 5.75 Å². The summed E-state index contributed by atoms with van der Waals surface area (Å²) in [7, 11) is 1.62. The monoisotopic (exact) mass is 272 g/mol. The second-order valence-corrected chi connectivity index (χ2v) is 4.81. The molecule has 0 saturated carbocycles. The van der Waals surface area contributed by atoms with Crippen molar-refractivity contribution in [2.45, 2.75) is 6.42 Å². The molecule has 0 radical (unpaired) electrons. The maximum Gasteiger partial charge on any atom is 0.137 e. The summed E-state index contributed by atoms with van der Waals surface area (Å²) in [5, 5.41) is 1.76. The Bertz CT molecular complexity index is 721. The van der Waals surface area contributed by atoms with Crippen molar-refractivity contribution >= 4 is 22.6 Å². The smallest absolute Gasteiger partial charge is 0.137 e. The van der Waals surface area contributed by atoms with Gasteiger partial charge in [0.2, 0.25) is 0 Å². The average molecular weight is 273 g/mol. The Balaban J connectivity index is 1.89. The van der Waals surface area contributed by atoms with E-state index in [2.05, 4.69) is 16.0 Å². The molecule has 0 fully saturated rings. The molecule has 1 N–H and O–H groups in total. The number of benzene rings is 1. The zero-order valence-corrected chi connectivity index (χ0v) is 11.2. The van der Waals surface area contributed by atoms with E-state index in [1.165, 1.54) is 0 Å². The number of pyridine rings is 1. The quantitative estimate of drug-likeness (QED) is 0.787. The average Bonchev–Trinajstić information content (AvgIpc) is 2.86. The Hall–Kier alpha value is -2.00. The number of nitrogens with zero attached hydrogens (tertiary/aromatic N) is 1. The number of halogens is 1. The molecule has 0 saturated heterocycles. The van der Waals surface area contributed by atoms with Gasteiger partial charge >= 0.3 is 0 Å². The second-order valence-electron chi connectivity index (χ2n) is 4.40. The van der Waals surface area contributed by atoms with Gasteiger partial charge < -0.3 is 9.72 Å². The molecule has 1 aromatic carbocycles. The molecule has 2 heterocycles. The molecule has 96 valence electrons. The maximum atomic E-state index is 6.13. The molecular weight excluding hydrogens is 260 g/mol. The van der Waals surface area contributed by atoms with E-state index in [4.69, 9.17) is 16.3 Å². The van der Waals surface area contributed by atoms with E-state index >= 15 is 0 Å². The molecule has 0 unspecified atom stereocenters. The van der Waals surface area contributed by atoms with Gasteiger partial charge in [0.25, 0.3) is 0 Å². The highest BCUT2D eigenvalue weighted by Gasteiger charge is 2.04. The minimum atomic E-state index is 0.635. The molecule has 3 rings (SSSR count). The third-order valence-corrected chi connectivity index (χ3v) is 3.38. The van der Waals surface area contributed by atoms with Crippen LogP contribution in [0.3, 0.4) is 0 Å². The first kappa shape index (κ1) is 12.1. The fourth-order valence-corrected chi connectivity index (χ4v) is 2.42. The normalized spacial score (nSPS) is 10.8. The number of nitrogens with one attached hydrogen (secondary N) is 1. The zero-order valence-electron chi connectivity index (χ0n) is 10.5. The van der Waals surface area contributed by atoms with E-state index in [1.54, 1.807) is 7.11 Å². The van der Waals surface area contributed by atoms with Crippen molar-refractivity contribution in [2.75, 3.05) is 7.11 Å². The van der Waals surface area contributed by atoms with Gasteiger partial charge in [-0.2, -0.15) is 0 Å². The largest absolute Gasteiger partial charge is 0.495 e. The zero-order chi connectivity index (χ0) is 13.2. The molecule has 0 spiro atoms. The van der Waals surface area contributed by atoms with Gasteiger partial charge in [-0.1, -0.05) is 17.7 Å². The van der Waals surface area contributed by atoms with Crippen LogP contribution in [-0.2, 0) is 6.42 Å². The fourth-order valence-electron chi connectivity index (χ4n) is 2.14. The van der Waals surface area contributed by atoms with Gasteiger partial charge in [-0.3, -0.25) is 0 Å².